The second-order valence-corrected chi connectivity index (χ2v) is 8.21. The van der Waals surface area contributed by atoms with Crippen molar-refractivity contribution in [1.82, 2.24) is 15.1 Å². The van der Waals surface area contributed by atoms with Gasteiger partial charge in [0.1, 0.15) is 5.54 Å². The summed E-state index contributed by atoms with van der Waals surface area (Å²) < 4.78 is 0. The number of hydrogen-bond acceptors (Lipinski definition) is 8. The first kappa shape index (κ1) is 21.2. The Bertz CT molecular complexity index is 987. The van der Waals surface area contributed by atoms with E-state index in [-0.39, 0.29) is 12.5 Å². The number of aliphatic hydroxyl groups is 2. The van der Waals surface area contributed by atoms with Gasteiger partial charge in [-0.1, -0.05) is 30.3 Å². The summed E-state index contributed by atoms with van der Waals surface area (Å²) in [5.74, 6) is -3.62. The minimum Gasteiger partial charge on any atom is -0.479 e. The van der Waals surface area contributed by atoms with E-state index in [1.165, 1.54) is 0 Å². The van der Waals surface area contributed by atoms with Crippen molar-refractivity contribution in [2.24, 2.45) is 5.92 Å². The quantitative estimate of drug-likeness (QED) is 0.492. The lowest BCUT2D eigenvalue weighted by Crippen LogP contribution is -2.87. The molecule has 2 saturated heterocycles. The lowest BCUT2D eigenvalue weighted by Gasteiger charge is -2.67. The number of aliphatic hydroxyl groups excluding tert-OH is 1. The molecular weight excluding hydrogens is 404 g/mol. The van der Waals surface area contributed by atoms with Crippen LogP contribution in [0, 0.1) is 5.92 Å². The molecule has 31 heavy (non-hydrogen) atoms. The van der Waals surface area contributed by atoms with E-state index < -0.39 is 29.2 Å². The summed E-state index contributed by atoms with van der Waals surface area (Å²) in [4.78, 5) is 27.2. The molecule has 0 aliphatic carbocycles. The molecule has 4 rings (SSSR count). The molecule has 1 aromatic heterocycles. The van der Waals surface area contributed by atoms with E-state index in [1.54, 1.807) is 24.1 Å². The van der Waals surface area contributed by atoms with Crippen LogP contribution in [-0.4, -0.2) is 91.4 Å². The molecule has 0 radical (unpaired) electrons. The van der Waals surface area contributed by atoms with E-state index in [9.17, 15) is 30.0 Å². The molecule has 0 bridgehead atoms. The smallest absolute Gasteiger partial charge is 0.341 e. The van der Waals surface area contributed by atoms with Crippen LogP contribution in [0.4, 0.5) is 5.82 Å². The van der Waals surface area contributed by atoms with Gasteiger partial charge in [-0.05, 0) is 32.1 Å². The fourth-order valence-corrected chi connectivity index (χ4v) is 4.94. The third kappa shape index (κ3) is 3.06. The fraction of sp³-hybridized carbons (Fsp3) is 0.429. The number of rotatable bonds is 6. The predicted molar refractivity (Wildman–Crippen MR) is 109 cm³/mol. The predicted octanol–water partition coefficient (Wildman–Crippen LogP) is -0.0847. The number of carboxylic acid groups (broad SMARTS) is 2. The summed E-state index contributed by atoms with van der Waals surface area (Å²) in [6, 6.07) is 12.8. The van der Waals surface area contributed by atoms with Crippen LogP contribution in [0.1, 0.15) is 6.42 Å². The Morgan fingerprint density at radius 2 is 1.87 bits per heavy atom. The van der Waals surface area contributed by atoms with E-state index in [1.807, 2.05) is 35.2 Å². The maximum atomic E-state index is 12.2. The monoisotopic (exact) mass is 428 g/mol. The van der Waals surface area contributed by atoms with Gasteiger partial charge < -0.3 is 30.2 Å². The van der Waals surface area contributed by atoms with Crippen molar-refractivity contribution in [2.45, 2.75) is 23.7 Å². The fourth-order valence-electron chi connectivity index (χ4n) is 4.94. The van der Waals surface area contributed by atoms with Crippen LogP contribution >= 0.6 is 0 Å². The molecule has 0 spiro atoms. The average molecular weight is 428 g/mol. The highest BCUT2D eigenvalue weighted by Gasteiger charge is 2.73. The molecule has 164 valence electrons. The van der Waals surface area contributed by atoms with Crippen LogP contribution in [-0.2, 0) is 9.59 Å². The van der Waals surface area contributed by atoms with E-state index in [2.05, 4.69) is 10.2 Å². The highest BCUT2D eigenvalue weighted by atomic mass is 16.4. The molecule has 4 N–H and O–H groups in total. The summed E-state index contributed by atoms with van der Waals surface area (Å²) in [7, 11) is 1.76. The van der Waals surface area contributed by atoms with Gasteiger partial charge in [-0.3, -0.25) is 0 Å². The number of aromatic nitrogens is 2. The molecule has 4 atom stereocenters. The first-order chi connectivity index (χ1) is 14.7. The molecule has 2 fully saturated rings. The maximum absolute atomic E-state index is 12.2. The van der Waals surface area contributed by atoms with Gasteiger partial charge in [0.2, 0.25) is 5.60 Å². The zero-order chi connectivity index (χ0) is 22.4. The Balaban J connectivity index is 1.77. The maximum Gasteiger partial charge on any atom is 0.341 e. The normalized spacial score (nSPS) is 26.3. The second-order valence-electron chi connectivity index (χ2n) is 8.21. The number of hydrogen-bond donors (Lipinski definition) is 4. The van der Waals surface area contributed by atoms with Crippen LogP contribution in [0.3, 0.4) is 0 Å². The Morgan fingerprint density at radius 3 is 2.45 bits per heavy atom. The van der Waals surface area contributed by atoms with Gasteiger partial charge in [-0.15, -0.1) is 10.2 Å². The Hall–Kier alpha value is -3.08. The first-order valence-corrected chi connectivity index (χ1v) is 9.94. The summed E-state index contributed by atoms with van der Waals surface area (Å²) in [5, 5.41) is 49.3. The molecule has 3 heterocycles. The molecule has 2 aliphatic rings. The van der Waals surface area contributed by atoms with Crippen molar-refractivity contribution in [1.29, 1.82) is 0 Å². The molecule has 10 nitrogen and oxygen atoms in total. The molecule has 2 aliphatic heterocycles. The van der Waals surface area contributed by atoms with Crippen molar-refractivity contribution < 1.29 is 30.0 Å². The number of benzene rings is 1. The van der Waals surface area contributed by atoms with Gasteiger partial charge in [0.25, 0.3) is 0 Å². The number of likely N-dealkylation sites (N-methyl/N-ethyl adjacent to an activating group) is 1. The molecule has 2 aromatic rings. The molecule has 10 heteroatoms. The van der Waals surface area contributed by atoms with Crippen LogP contribution in [0.25, 0.3) is 11.3 Å². The van der Waals surface area contributed by atoms with Crippen LogP contribution in [0.2, 0.25) is 0 Å². The zero-order valence-corrected chi connectivity index (χ0v) is 16.9. The van der Waals surface area contributed by atoms with E-state index in [0.717, 1.165) is 5.56 Å². The van der Waals surface area contributed by atoms with Crippen molar-refractivity contribution in [3.63, 3.8) is 0 Å². The van der Waals surface area contributed by atoms with Crippen molar-refractivity contribution >= 4 is 17.8 Å². The third-order valence-corrected chi connectivity index (χ3v) is 6.54. The lowest BCUT2D eigenvalue weighted by atomic mass is 9.58. The van der Waals surface area contributed by atoms with Crippen molar-refractivity contribution in [3.8, 4) is 11.3 Å². The molecular formula is C21H24N4O6. The number of carboxylic acids is 2. The van der Waals surface area contributed by atoms with E-state index >= 15 is 0 Å². The van der Waals surface area contributed by atoms with Crippen molar-refractivity contribution in [3.05, 3.63) is 42.5 Å². The van der Waals surface area contributed by atoms with Crippen LogP contribution < -0.4 is 4.90 Å². The van der Waals surface area contributed by atoms with Crippen LogP contribution in [0.15, 0.2) is 42.5 Å². The van der Waals surface area contributed by atoms with E-state index in [4.69, 9.17) is 0 Å². The number of piperidine rings is 1. The van der Waals surface area contributed by atoms with Gasteiger partial charge in [0, 0.05) is 24.6 Å². The Kier molecular flexibility index (Phi) is 5.16. The van der Waals surface area contributed by atoms with E-state index in [0.29, 0.717) is 31.0 Å². The Morgan fingerprint density at radius 1 is 1.16 bits per heavy atom. The number of anilines is 1. The third-order valence-electron chi connectivity index (χ3n) is 6.54. The largest absolute Gasteiger partial charge is 0.479 e. The minimum atomic E-state index is -2.95. The number of carbonyl (C=O) groups is 2. The highest BCUT2D eigenvalue weighted by Crippen LogP contribution is 2.52. The zero-order valence-electron chi connectivity index (χ0n) is 16.9. The van der Waals surface area contributed by atoms with Crippen molar-refractivity contribution in [2.75, 3.05) is 31.6 Å². The molecule has 2 unspecified atom stereocenters. The van der Waals surface area contributed by atoms with Crippen LogP contribution in [0.5, 0.6) is 0 Å². The summed E-state index contributed by atoms with van der Waals surface area (Å²) in [6.07, 6.45) is -1.97. The summed E-state index contributed by atoms with van der Waals surface area (Å²) in [6.45, 7) is 1.08. The molecule has 0 saturated carbocycles. The number of likely N-dealkylation sites (tertiary alicyclic amines) is 1. The first-order valence-electron chi connectivity index (χ1n) is 9.94. The standard InChI is InChI=1S/C21H24N4O6/c1-24-10-9-14-11-25(16-8-7-15(22-23-16)13-5-3-2-4-6-13)20(14,12-24)21(31,19(29)30)17(26)18(27)28/h2-8,14,17,26,31H,9-12H2,1H3,(H,27,28)(H,29,30)/t14?,17-,20?,21+/m0/s1. The number of fused-ring (bicyclic) bond motifs is 1. The van der Waals surface area contributed by atoms with Gasteiger partial charge in [0.15, 0.2) is 11.9 Å². The Labute approximate surface area is 178 Å². The summed E-state index contributed by atoms with van der Waals surface area (Å²) >= 11 is 0. The topological polar surface area (TPSA) is 147 Å². The minimum absolute atomic E-state index is 0.0485. The highest BCUT2D eigenvalue weighted by molar-refractivity contribution is 5.90. The average Bonchev–Trinajstić information content (AvgIpc) is 2.75. The lowest BCUT2D eigenvalue weighted by molar-refractivity contribution is -0.212. The number of nitrogens with zero attached hydrogens (tertiary/aromatic N) is 4. The molecule has 1 aromatic carbocycles. The SMILES string of the molecule is CN1CCC2CN(c3ccc(-c4ccccc4)nn3)C2([C@](O)(C(=O)O)[C@@H](O)C(=O)O)C1. The van der Waals surface area contributed by atoms with Gasteiger partial charge in [-0.2, -0.15) is 0 Å². The molecule has 0 amide bonds. The second kappa shape index (κ2) is 7.56. The van der Waals surface area contributed by atoms with Gasteiger partial charge in [0.05, 0.1) is 5.69 Å². The number of aliphatic carboxylic acids is 2. The van der Waals surface area contributed by atoms with Gasteiger partial charge >= 0.3 is 11.9 Å². The summed E-state index contributed by atoms with van der Waals surface area (Å²) in [5.41, 5.74) is -3.04. The van der Waals surface area contributed by atoms with Gasteiger partial charge in [-0.25, -0.2) is 9.59 Å².